The van der Waals surface area contributed by atoms with E-state index in [0.717, 1.165) is 30.9 Å². The van der Waals surface area contributed by atoms with Gasteiger partial charge in [-0.3, -0.25) is 4.79 Å². The Hall–Kier alpha value is -1.56. The number of rotatable bonds is 4. The summed E-state index contributed by atoms with van der Waals surface area (Å²) in [5.74, 6) is 0.529. The molecule has 1 fully saturated rings. The summed E-state index contributed by atoms with van der Waals surface area (Å²) in [6.07, 6.45) is 6.97. The van der Waals surface area contributed by atoms with E-state index in [0.29, 0.717) is 12.3 Å². The maximum Gasteiger partial charge on any atom is 0.224 e. The Morgan fingerprint density at radius 2 is 2.18 bits per heavy atom. The van der Waals surface area contributed by atoms with Crippen LogP contribution in [0.5, 0.6) is 0 Å². The second-order valence-electron chi connectivity index (χ2n) is 5.10. The molecule has 1 atom stereocenters. The van der Waals surface area contributed by atoms with E-state index >= 15 is 0 Å². The third kappa shape index (κ3) is 4.47. The monoisotopic (exact) mass is 342 g/mol. The number of anilines is 1. The number of halogens is 2. The first-order valence-corrected chi connectivity index (χ1v) is 6.91. The molecule has 7 heteroatoms. The highest BCUT2D eigenvalue weighted by Crippen LogP contribution is 2.21. The van der Waals surface area contributed by atoms with Crippen molar-refractivity contribution in [3.8, 4) is 5.69 Å². The van der Waals surface area contributed by atoms with E-state index in [-0.39, 0.29) is 30.7 Å². The van der Waals surface area contributed by atoms with Crippen LogP contribution in [-0.2, 0) is 4.79 Å². The molecule has 3 rings (SSSR count). The second-order valence-corrected chi connectivity index (χ2v) is 5.10. The Balaban J connectivity index is 0.00000121. The van der Waals surface area contributed by atoms with E-state index in [1.807, 2.05) is 35.0 Å². The van der Waals surface area contributed by atoms with E-state index in [1.165, 1.54) is 0 Å². The van der Waals surface area contributed by atoms with E-state index in [1.54, 1.807) is 12.5 Å². The first-order chi connectivity index (χ1) is 9.83. The molecule has 120 valence electrons. The summed E-state index contributed by atoms with van der Waals surface area (Å²) in [7, 11) is 0. The largest absolute Gasteiger partial charge is 0.324 e. The van der Waals surface area contributed by atoms with Gasteiger partial charge < -0.3 is 15.2 Å². The van der Waals surface area contributed by atoms with Crippen molar-refractivity contribution < 1.29 is 4.79 Å². The number of aromatic nitrogens is 2. The van der Waals surface area contributed by atoms with Crippen molar-refractivity contribution in [3.63, 3.8) is 0 Å². The number of amides is 1. The molecule has 0 bridgehead atoms. The van der Waals surface area contributed by atoms with Crippen molar-refractivity contribution in [2.24, 2.45) is 5.92 Å². The molecule has 0 saturated carbocycles. The van der Waals surface area contributed by atoms with Gasteiger partial charge in [-0.05, 0) is 37.6 Å². The van der Waals surface area contributed by atoms with Crippen LogP contribution in [0.3, 0.4) is 0 Å². The maximum absolute atomic E-state index is 12.1. The molecule has 5 nitrogen and oxygen atoms in total. The molecular weight excluding hydrogens is 323 g/mol. The summed E-state index contributed by atoms with van der Waals surface area (Å²) < 4.78 is 1.90. The zero-order valence-electron chi connectivity index (χ0n) is 12.1. The molecule has 1 amide bonds. The molecule has 2 heterocycles. The van der Waals surface area contributed by atoms with Crippen LogP contribution in [0, 0.1) is 5.92 Å². The standard InChI is InChI=1S/C15H18N4O.2ClH/c20-15(9-12-5-6-16-10-12)18-13-3-1-2-4-14(13)19-8-7-17-11-19;;/h1-4,7-8,11-12,16H,5-6,9-10H2,(H,18,20);2*1H. The fourth-order valence-electron chi connectivity index (χ4n) is 2.56. The van der Waals surface area contributed by atoms with Crippen LogP contribution in [0.15, 0.2) is 43.0 Å². The van der Waals surface area contributed by atoms with Crippen molar-refractivity contribution in [1.29, 1.82) is 0 Å². The molecule has 22 heavy (non-hydrogen) atoms. The Bertz CT molecular complexity index is 583. The van der Waals surface area contributed by atoms with Crippen LogP contribution in [0.25, 0.3) is 5.69 Å². The minimum absolute atomic E-state index is 0. The van der Waals surface area contributed by atoms with Gasteiger partial charge in [0.15, 0.2) is 0 Å². The van der Waals surface area contributed by atoms with E-state index < -0.39 is 0 Å². The Morgan fingerprint density at radius 1 is 1.36 bits per heavy atom. The highest BCUT2D eigenvalue weighted by Gasteiger charge is 2.18. The summed E-state index contributed by atoms with van der Waals surface area (Å²) in [5.41, 5.74) is 1.75. The highest BCUT2D eigenvalue weighted by molar-refractivity contribution is 5.93. The van der Waals surface area contributed by atoms with Gasteiger partial charge in [-0.15, -0.1) is 24.8 Å². The molecular formula is C15H20Cl2N4O. The van der Waals surface area contributed by atoms with Gasteiger partial charge in [-0.1, -0.05) is 12.1 Å². The fourth-order valence-corrected chi connectivity index (χ4v) is 2.56. The predicted molar refractivity (Wildman–Crippen MR) is 92.3 cm³/mol. The van der Waals surface area contributed by atoms with Crippen molar-refractivity contribution in [2.45, 2.75) is 12.8 Å². The first-order valence-electron chi connectivity index (χ1n) is 6.91. The Kier molecular flexibility index (Phi) is 7.38. The summed E-state index contributed by atoms with van der Waals surface area (Å²) in [4.78, 5) is 16.2. The molecule has 1 aliphatic heterocycles. The van der Waals surface area contributed by atoms with Gasteiger partial charge in [0.25, 0.3) is 0 Å². The predicted octanol–water partition coefficient (Wildman–Crippen LogP) is 2.65. The summed E-state index contributed by atoms with van der Waals surface area (Å²) in [6, 6.07) is 7.76. The SMILES string of the molecule is Cl.Cl.O=C(CC1CCNC1)Nc1ccccc1-n1ccnc1. The van der Waals surface area contributed by atoms with Crippen molar-refractivity contribution in [2.75, 3.05) is 18.4 Å². The maximum atomic E-state index is 12.1. The Morgan fingerprint density at radius 3 is 2.86 bits per heavy atom. The number of benzene rings is 1. The summed E-state index contributed by atoms with van der Waals surface area (Å²) in [6.45, 7) is 1.96. The van der Waals surface area contributed by atoms with Gasteiger partial charge >= 0.3 is 0 Å². The number of hydrogen-bond donors (Lipinski definition) is 2. The molecule has 2 aromatic rings. The second kappa shape index (κ2) is 8.78. The van der Waals surface area contributed by atoms with E-state index in [9.17, 15) is 4.79 Å². The smallest absolute Gasteiger partial charge is 0.224 e. The summed E-state index contributed by atoms with van der Waals surface area (Å²) in [5, 5.41) is 6.29. The quantitative estimate of drug-likeness (QED) is 0.897. The van der Waals surface area contributed by atoms with Crippen LogP contribution in [0.4, 0.5) is 5.69 Å². The van der Waals surface area contributed by atoms with Gasteiger partial charge in [0.05, 0.1) is 17.7 Å². The number of carbonyl (C=O) groups is 1. The minimum atomic E-state index is 0. The number of para-hydroxylation sites is 2. The first kappa shape index (κ1) is 18.5. The van der Waals surface area contributed by atoms with Crippen molar-refractivity contribution >= 4 is 36.4 Å². The molecule has 1 aromatic heterocycles. The lowest BCUT2D eigenvalue weighted by Gasteiger charge is -2.13. The van der Waals surface area contributed by atoms with Gasteiger partial charge in [0, 0.05) is 18.8 Å². The van der Waals surface area contributed by atoms with Crippen molar-refractivity contribution in [3.05, 3.63) is 43.0 Å². The zero-order valence-corrected chi connectivity index (χ0v) is 13.7. The summed E-state index contributed by atoms with van der Waals surface area (Å²) >= 11 is 0. The lowest BCUT2D eigenvalue weighted by atomic mass is 10.0. The molecule has 1 aliphatic rings. The number of carbonyl (C=O) groups excluding carboxylic acids is 1. The van der Waals surface area contributed by atoms with Crippen LogP contribution < -0.4 is 10.6 Å². The molecule has 0 radical (unpaired) electrons. The molecule has 1 saturated heterocycles. The topological polar surface area (TPSA) is 59.0 Å². The van der Waals surface area contributed by atoms with E-state index in [4.69, 9.17) is 0 Å². The van der Waals surface area contributed by atoms with Crippen LogP contribution in [0.1, 0.15) is 12.8 Å². The molecule has 0 spiro atoms. The molecule has 1 aromatic carbocycles. The lowest BCUT2D eigenvalue weighted by molar-refractivity contribution is -0.116. The zero-order chi connectivity index (χ0) is 13.8. The molecule has 1 unspecified atom stereocenters. The third-order valence-electron chi connectivity index (χ3n) is 3.60. The van der Waals surface area contributed by atoms with E-state index in [2.05, 4.69) is 15.6 Å². The fraction of sp³-hybridized carbons (Fsp3) is 0.333. The normalized spacial score (nSPS) is 16.5. The number of nitrogens with zero attached hydrogens (tertiary/aromatic N) is 2. The van der Waals surface area contributed by atoms with Gasteiger partial charge in [-0.2, -0.15) is 0 Å². The molecule has 2 N–H and O–H groups in total. The number of nitrogens with one attached hydrogen (secondary N) is 2. The average molecular weight is 343 g/mol. The third-order valence-corrected chi connectivity index (χ3v) is 3.60. The van der Waals surface area contributed by atoms with Gasteiger partial charge in [-0.25, -0.2) is 4.98 Å². The number of imidazole rings is 1. The number of hydrogen-bond acceptors (Lipinski definition) is 3. The van der Waals surface area contributed by atoms with Crippen LogP contribution in [-0.4, -0.2) is 28.5 Å². The van der Waals surface area contributed by atoms with Crippen molar-refractivity contribution in [1.82, 2.24) is 14.9 Å². The van der Waals surface area contributed by atoms with Crippen LogP contribution in [0.2, 0.25) is 0 Å². The lowest BCUT2D eigenvalue weighted by Crippen LogP contribution is -2.19. The van der Waals surface area contributed by atoms with Crippen LogP contribution >= 0.6 is 24.8 Å². The molecule has 0 aliphatic carbocycles. The average Bonchev–Trinajstić information content (AvgIpc) is 3.11. The minimum Gasteiger partial charge on any atom is -0.324 e. The van der Waals surface area contributed by atoms with Gasteiger partial charge in [0.1, 0.15) is 0 Å². The van der Waals surface area contributed by atoms with Gasteiger partial charge in [0.2, 0.25) is 5.91 Å². The Labute approximate surface area is 142 Å². The highest BCUT2D eigenvalue weighted by atomic mass is 35.5.